The molecule has 5 heteroatoms. The molecule has 2 N–H and O–H groups in total. The Labute approximate surface area is 115 Å². The Morgan fingerprint density at radius 3 is 2.55 bits per heavy atom. The molecule has 0 radical (unpaired) electrons. The average molecular weight is 275 g/mol. The van der Waals surface area contributed by atoms with Gasteiger partial charge < -0.3 is 15.2 Å². The van der Waals surface area contributed by atoms with Gasteiger partial charge in [-0.15, -0.1) is 0 Å². The van der Waals surface area contributed by atoms with E-state index in [9.17, 15) is 14.3 Å². The van der Waals surface area contributed by atoms with E-state index < -0.39 is 17.8 Å². The van der Waals surface area contributed by atoms with Crippen molar-refractivity contribution in [3.05, 3.63) is 59.9 Å². The minimum Gasteiger partial charge on any atom is -0.494 e. The normalized spacial score (nSPS) is 11.7. The number of carbonyl (C=O) groups is 1. The third-order valence-electron chi connectivity index (χ3n) is 2.84. The van der Waals surface area contributed by atoms with Crippen LogP contribution in [0.1, 0.15) is 11.6 Å². The molecule has 2 aromatic carbocycles. The fourth-order valence-corrected chi connectivity index (χ4v) is 1.87. The molecule has 4 nitrogen and oxygen atoms in total. The molecule has 20 heavy (non-hydrogen) atoms. The fraction of sp³-hybridized carbons (Fsp3) is 0.133. The number of ether oxygens (including phenoxy) is 1. The number of benzene rings is 2. The topological polar surface area (TPSA) is 58.6 Å². The summed E-state index contributed by atoms with van der Waals surface area (Å²) >= 11 is 0. The van der Waals surface area contributed by atoms with Crippen LogP contribution in [0, 0.1) is 5.82 Å². The SMILES string of the molecule is COc1cc(F)ccc1NC(C(=O)O)c1ccccc1. The molecule has 1 atom stereocenters. The maximum atomic E-state index is 13.1. The number of carboxylic acids is 1. The Hall–Kier alpha value is -2.56. The fourth-order valence-electron chi connectivity index (χ4n) is 1.87. The molecular formula is C15H14FNO3. The molecule has 0 aliphatic rings. The summed E-state index contributed by atoms with van der Waals surface area (Å²) in [6.07, 6.45) is 0. The number of aliphatic carboxylic acids is 1. The minimum atomic E-state index is -1.03. The van der Waals surface area contributed by atoms with Crippen LogP contribution >= 0.6 is 0 Å². The zero-order valence-electron chi connectivity index (χ0n) is 10.8. The van der Waals surface area contributed by atoms with Crippen LogP contribution in [0.15, 0.2) is 48.5 Å². The lowest BCUT2D eigenvalue weighted by Gasteiger charge is -2.18. The van der Waals surface area contributed by atoms with Crippen molar-refractivity contribution in [2.24, 2.45) is 0 Å². The summed E-state index contributed by atoms with van der Waals surface area (Å²) in [7, 11) is 1.40. The highest BCUT2D eigenvalue weighted by molar-refractivity contribution is 5.80. The predicted octanol–water partition coefficient (Wildman–Crippen LogP) is 3.07. The summed E-state index contributed by atoms with van der Waals surface area (Å²) in [6, 6.07) is 11.7. The number of hydrogen-bond donors (Lipinski definition) is 2. The summed E-state index contributed by atoms with van der Waals surface area (Å²) < 4.78 is 18.2. The number of hydrogen-bond acceptors (Lipinski definition) is 3. The molecule has 0 spiro atoms. The van der Waals surface area contributed by atoms with Gasteiger partial charge >= 0.3 is 5.97 Å². The van der Waals surface area contributed by atoms with E-state index in [-0.39, 0.29) is 5.75 Å². The number of anilines is 1. The molecule has 2 aromatic rings. The molecule has 2 rings (SSSR count). The Balaban J connectivity index is 2.32. The van der Waals surface area contributed by atoms with Crippen molar-refractivity contribution in [1.29, 1.82) is 0 Å². The highest BCUT2D eigenvalue weighted by atomic mass is 19.1. The second-order valence-corrected chi connectivity index (χ2v) is 4.17. The van der Waals surface area contributed by atoms with Crippen LogP contribution in [-0.2, 0) is 4.79 Å². The highest BCUT2D eigenvalue weighted by Gasteiger charge is 2.20. The second-order valence-electron chi connectivity index (χ2n) is 4.17. The molecule has 0 saturated carbocycles. The maximum Gasteiger partial charge on any atom is 0.330 e. The van der Waals surface area contributed by atoms with Gasteiger partial charge in [0.2, 0.25) is 0 Å². The summed E-state index contributed by atoms with van der Waals surface area (Å²) in [6.45, 7) is 0. The molecule has 104 valence electrons. The first-order valence-corrected chi connectivity index (χ1v) is 5.99. The second kappa shape index (κ2) is 6.06. The van der Waals surface area contributed by atoms with Crippen molar-refractivity contribution < 1.29 is 19.0 Å². The van der Waals surface area contributed by atoms with E-state index in [2.05, 4.69) is 5.32 Å². The maximum absolute atomic E-state index is 13.1. The predicted molar refractivity (Wildman–Crippen MR) is 73.4 cm³/mol. The Morgan fingerprint density at radius 1 is 1.25 bits per heavy atom. The molecule has 0 saturated heterocycles. The summed E-state index contributed by atoms with van der Waals surface area (Å²) in [5, 5.41) is 12.2. The number of halogens is 1. The molecule has 0 aliphatic heterocycles. The van der Waals surface area contributed by atoms with Crippen molar-refractivity contribution in [3.8, 4) is 5.75 Å². The van der Waals surface area contributed by atoms with Crippen molar-refractivity contribution >= 4 is 11.7 Å². The zero-order chi connectivity index (χ0) is 14.5. The van der Waals surface area contributed by atoms with E-state index in [1.807, 2.05) is 0 Å². The Kier molecular flexibility index (Phi) is 4.20. The van der Waals surface area contributed by atoms with Crippen LogP contribution in [0.4, 0.5) is 10.1 Å². The van der Waals surface area contributed by atoms with Gasteiger partial charge in [-0.3, -0.25) is 0 Å². The largest absolute Gasteiger partial charge is 0.494 e. The molecule has 0 heterocycles. The third kappa shape index (κ3) is 3.06. The lowest BCUT2D eigenvalue weighted by molar-refractivity contribution is -0.138. The first-order chi connectivity index (χ1) is 9.61. The zero-order valence-corrected chi connectivity index (χ0v) is 10.8. The summed E-state index contributed by atoms with van der Waals surface area (Å²) in [4.78, 5) is 11.4. The van der Waals surface area contributed by atoms with Crippen LogP contribution in [0.5, 0.6) is 5.75 Å². The molecular weight excluding hydrogens is 261 g/mol. The number of methoxy groups -OCH3 is 1. The van der Waals surface area contributed by atoms with E-state index in [1.165, 1.54) is 25.3 Å². The van der Waals surface area contributed by atoms with Gasteiger partial charge in [0, 0.05) is 6.07 Å². The van der Waals surface area contributed by atoms with Gasteiger partial charge in [-0.1, -0.05) is 30.3 Å². The first-order valence-electron chi connectivity index (χ1n) is 5.99. The van der Waals surface area contributed by atoms with Gasteiger partial charge in [-0.05, 0) is 17.7 Å². The number of carboxylic acid groups (broad SMARTS) is 1. The van der Waals surface area contributed by atoms with E-state index in [1.54, 1.807) is 30.3 Å². The van der Waals surface area contributed by atoms with E-state index in [0.29, 0.717) is 11.3 Å². The van der Waals surface area contributed by atoms with Gasteiger partial charge in [0.15, 0.2) is 6.04 Å². The lowest BCUT2D eigenvalue weighted by Crippen LogP contribution is -2.20. The monoisotopic (exact) mass is 275 g/mol. The van der Waals surface area contributed by atoms with E-state index >= 15 is 0 Å². The standard InChI is InChI=1S/C15H14FNO3/c1-20-13-9-11(16)7-8-12(13)17-14(15(18)19)10-5-3-2-4-6-10/h2-9,14,17H,1H3,(H,18,19). The van der Waals surface area contributed by atoms with Gasteiger partial charge in [0.05, 0.1) is 12.8 Å². The minimum absolute atomic E-state index is 0.257. The van der Waals surface area contributed by atoms with Gasteiger partial charge in [-0.25, -0.2) is 9.18 Å². The van der Waals surface area contributed by atoms with Crippen LogP contribution < -0.4 is 10.1 Å². The van der Waals surface area contributed by atoms with Crippen LogP contribution in [0.3, 0.4) is 0 Å². The average Bonchev–Trinajstić information content (AvgIpc) is 2.46. The van der Waals surface area contributed by atoms with Crippen molar-refractivity contribution in [2.75, 3.05) is 12.4 Å². The number of nitrogens with one attached hydrogen (secondary N) is 1. The molecule has 1 unspecified atom stereocenters. The van der Waals surface area contributed by atoms with Gasteiger partial charge in [0.1, 0.15) is 11.6 Å². The first kappa shape index (κ1) is 13.9. The Bertz CT molecular complexity index is 601. The van der Waals surface area contributed by atoms with E-state index in [4.69, 9.17) is 4.74 Å². The summed E-state index contributed by atoms with van der Waals surface area (Å²) in [5.74, 6) is -1.21. The molecule has 0 amide bonds. The van der Waals surface area contributed by atoms with Gasteiger partial charge in [0.25, 0.3) is 0 Å². The molecule has 0 bridgehead atoms. The van der Waals surface area contributed by atoms with Crippen molar-refractivity contribution in [3.63, 3.8) is 0 Å². The Morgan fingerprint density at radius 2 is 1.95 bits per heavy atom. The third-order valence-corrected chi connectivity index (χ3v) is 2.84. The molecule has 0 aliphatic carbocycles. The molecule has 0 fully saturated rings. The quantitative estimate of drug-likeness (QED) is 0.880. The van der Waals surface area contributed by atoms with Crippen molar-refractivity contribution in [1.82, 2.24) is 0 Å². The lowest BCUT2D eigenvalue weighted by atomic mass is 10.1. The van der Waals surface area contributed by atoms with E-state index in [0.717, 1.165) is 0 Å². The highest BCUT2D eigenvalue weighted by Crippen LogP contribution is 2.29. The van der Waals surface area contributed by atoms with Crippen molar-refractivity contribution in [2.45, 2.75) is 6.04 Å². The smallest absolute Gasteiger partial charge is 0.330 e. The molecule has 0 aromatic heterocycles. The number of rotatable bonds is 5. The van der Waals surface area contributed by atoms with Crippen LogP contribution in [0.2, 0.25) is 0 Å². The van der Waals surface area contributed by atoms with Crippen LogP contribution in [-0.4, -0.2) is 18.2 Å². The van der Waals surface area contributed by atoms with Gasteiger partial charge in [-0.2, -0.15) is 0 Å². The van der Waals surface area contributed by atoms with Crippen LogP contribution in [0.25, 0.3) is 0 Å². The summed E-state index contributed by atoms with van der Waals surface area (Å²) in [5.41, 5.74) is 1.02.